The Balaban J connectivity index is 2.19. The largest absolute Gasteiger partial charge is 0.399 e. The van der Waals surface area contributed by atoms with E-state index < -0.39 is 5.82 Å². The Labute approximate surface area is 103 Å². The molecule has 5 heteroatoms. The first-order valence-electron chi connectivity index (χ1n) is 5.51. The lowest BCUT2D eigenvalue weighted by Crippen LogP contribution is -1.90. The summed E-state index contributed by atoms with van der Waals surface area (Å²) < 4.78 is 13.8. The summed E-state index contributed by atoms with van der Waals surface area (Å²) >= 11 is 0. The van der Waals surface area contributed by atoms with E-state index in [0.717, 1.165) is 11.1 Å². The summed E-state index contributed by atoms with van der Waals surface area (Å²) in [5, 5.41) is 0. The minimum absolute atomic E-state index is 0.389. The average molecular weight is 242 g/mol. The lowest BCUT2D eigenvalue weighted by molar-refractivity contribution is 0.631. The van der Waals surface area contributed by atoms with E-state index in [1.165, 1.54) is 6.07 Å². The molecule has 0 saturated carbocycles. The molecule has 3 aromatic rings. The molecule has 0 aliphatic heterocycles. The molecule has 0 aliphatic rings. The molecule has 0 radical (unpaired) electrons. The van der Waals surface area contributed by atoms with E-state index in [1.54, 1.807) is 18.3 Å². The molecule has 0 fully saturated rings. The highest BCUT2D eigenvalue weighted by Gasteiger charge is 2.10. The van der Waals surface area contributed by atoms with Gasteiger partial charge in [0, 0.05) is 11.9 Å². The summed E-state index contributed by atoms with van der Waals surface area (Å²) in [5.74, 6) is 0.0615. The fraction of sp³-hybridized carbons (Fsp3) is 0.0769. The predicted octanol–water partition coefficient (Wildman–Crippen LogP) is 2.65. The molecule has 3 rings (SSSR count). The Morgan fingerprint density at radius 1 is 1.28 bits per heavy atom. The lowest BCUT2D eigenvalue weighted by Gasteiger charge is -1.99. The highest BCUT2D eigenvalue weighted by atomic mass is 19.1. The number of imidazole rings is 1. The number of halogens is 1. The maximum absolute atomic E-state index is 13.8. The molecular formula is C13H11FN4. The van der Waals surface area contributed by atoms with Crippen LogP contribution in [0.15, 0.2) is 30.5 Å². The fourth-order valence-electron chi connectivity index (χ4n) is 1.86. The second-order valence-electron chi connectivity index (χ2n) is 4.21. The predicted molar refractivity (Wildman–Crippen MR) is 68.4 cm³/mol. The van der Waals surface area contributed by atoms with Gasteiger partial charge in [0.25, 0.3) is 0 Å². The van der Waals surface area contributed by atoms with E-state index in [-0.39, 0.29) is 0 Å². The van der Waals surface area contributed by atoms with Gasteiger partial charge in [-0.3, -0.25) is 0 Å². The smallest absolute Gasteiger partial charge is 0.178 e. The number of nitrogens with two attached hydrogens (primary N) is 1. The molecular weight excluding hydrogens is 231 g/mol. The van der Waals surface area contributed by atoms with Crippen LogP contribution < -0.4 is 5.73 Å². The van der Waals surface area contributed by atoms with Gasteiger partial charge in [-0.15, -0.1) is 0 Å². The third-order valence-electron chi connectivity index (χ3n) is 2.72. The molecule has 3 N–H and O–H groups in total. The Morgan fingerprint density at radius 2 is 2.11 bits per heavy atom. The number of fused-ring (bicyclic) bond motifs is 1. The molecule has 18 heavy (non-hydrogen) atoms. The molecule has 0 saturated heterocycles. The molecule has 90 valence electrons. The number of H-pyrrole nitrogens is 1. The van der Waals surface area contributed by atoms with Crippen molar-refractivity contribution in [2.45, 2.75) is 6.92 Å². The summed E-state index contributed by atoms with van der Waals surface area (Å²) in [4.78, 5) is 11.5. The highest BCUT2D eigenvalue weighted by molar-refractivity contribution is 5.76. The summed E-state index contributed by atoms with van der Waals surface area (Å²) in [6, 6.07) is 6.45. The first-order valence-corrected chi connectivity index (χ1v) is 5.51. The van der Waals surface area contributed by atoms with Crippen molar-refractivity contribution < 1.29 is 4.39 Å². The van der Waals surface area contributed by atoms with Gasteiger partial charge >= 0.3 is 0 Å². The highest BCUT2D eigenvalue weighted by Crippen LogP contribution is 2.24. The molecule has 2 heterocycles. The quantitative estimate of drug-likeness (QED) is 0.644. The van der Waals surface area contributed by atoms with Crippen molar-refractivity contribution in [2.24, 2.45) is 0 Å². The van der Waals surface area contributed by atoms with Gasteiger partial charge in [-0.2, -0.15) is 0 Å². The molecule has 2 aromatic heterocycles. The molecule has 0 aliphatic carbocycles. The van der Waals surface area contributed by atoms with Crippen LogP contribution in [0.5, 0.6) is 0 Å². The van der Waals surface area contributed by atoms with Crippen LogP contribution in [-0.2, 0) is 0 Å². The second-order valence-corrected chi connectivity index (χ2v) is 4.21. The van der Waals surface area contributed by atoms with Crippen LogP contribution in [0.25, 0.3) is 22.6 Å². The third kappa shape index (κ3) is 1.69. The number of nitrogen functional groups attached to an aromatic ring is 1. The van der Waals surface area contributed by atoms with Crippen LogP contribution in [0.3, 0.4) is 0 Å². The standard InChI is InChI=1S/C13H11FN4/c1-7-4-11-13(16-6-7)18-12(17-11)9-3-2-8(15)5-10(9)14/h2-6H,15H2,1H3,(H,16,17,18). The second kappa shape index (κ2) is 3.80. The Kier molecular flexibility index (Phi) is 2.26. The first kappa shape index (κ1) is 10.7. The summed E-state index contributed by atoms with van der Waals surface area (Å²) in [7, 11) is 0. The normalized spacial score (nSPS) is 11.0. The van der Waals surface area contributed by atoms with Crippen LogP contribution in [-0.4, -0.2) is 15.0 Å². The van der Waals surface area contributed by atoms with Crippen LogP contribution in [0.1, 0.15) is 5.56 Å². The fourth-order valence-corrected chi connectivity index (χ4v) is 1.86. The number of anilines is 1. The molecule has 4 nitrogen and oxygen atoms in total. The van der Waals surface area contributed by atoms with Gasteiger partial charge in [0.1, 0.15) is 11.6 Å². The zero-order valence-electron chi connectivity index (χ0n) is 9.74. The number of hydrogen-bond acceptors (Lipinski definition) is 3. The molecule has 0 bridgehead atoms. The zero-order valence-corrected chi connectivity index (χ0v) is 9.74. The minimum Gasteiger partial charge on any atom is -0.399 e. The number of pyridine rings is 1. The van der Waals surface area contributed by atoms with Gasteiger partial charge in [-0.1, -0.05) is 0 Å². The van der Waals surface area contributed by atoms with Gasteiger partial charge in [0.05, 0.1) is 11.1 Å². The molecule has 0 unspecified atom stereocenters. The number of nitrogens with zero attached hydrogens (tertiary/aromatic N) is 2. The van der Waals surface area contributed by atoms with E-state index in [0.29, 0.717) is 22.7 Å². The monoisotopic (exact) mass is 242 g/mol. The average Bonchev–Trinajstić information content (AvgIpc) is 2.71. The van der Waals surface area contributed by atoms with Crippen molar-refractivity contribution >= 4 is 16.9 Å². The van der Waals surface area contributed by atoms with Crippen LogP contribution >= 0.6 is 0 Å². The van der Waals surface area contributed by atoms with Gasteiger partial charge in [0.15, 0.2) is 5.65 Å². The van der Waals surface area contributed by atoms with Gasteiger partial charge < -0.3 is 10.7 Å². The first-order chi connectivity index (χ1) is 8.63. The van der Waals surface area contributed by atoms with Crippen LogP contribution in [0.4, 0.5) is 10.1 Å². The van der Waals surface area contributed by atoms with Gasteiger partial charge in [-0.25, -0.2) is 14.4 Å². The molecule has 0 spiro atoms. The van der Waals surface area contributed by atoms with E-state index >= 15 is 0 Å². The van der Waals surface area contributed by atoms with Crippen molar-refractivity contribution in [2.75, 3.05) is 5.73 Å². The van der Waals surface area contributed by atoms with E-state index in [4.69, 9.17) is 5.73 Å². The maximum atomic E-state index is 13.8. The maximum Gasteiger partial charge on any atom is 0.178 e. The van der Waals surface area contributed by atoms with Gasteiger partial charge in [0.2, 0.25) is 0 Å². The summed E-state index contributed by atoms with van der Waals surface area (Å²) in [6.45, 7) is 1.94. The van der Waals surface area contributed by atoms with Crippen LogP contribution in [0.2, 0.25) is 0 Å². The summed E-state index contributed by atoms with van der Waals surface area (Å²) in [6.07, 6.45) is 1.73. The zero-order chi connectivity index (χ0) is 12.7. The number of aromatic amines is 1. The van der Waals surface area contributed by atoms with Gasteiger partial charge in [-0.05, 0) is 36.8 Å². The van der Waals surface area contributed by atoms with E-state index in [9.17, 15) is 4.39 Å². The third-order valence-corrected chi connectivity index (χ3v) is 2.72. The van der Waals surface area contributed by atoms with Crippen LogP contribution in [0, 0.1) is 12.7 Å². The number of rotatable bonds is 1. The minimum atomic E-state index is -0.397. The number of aryl methyl sites for hydroxylation is 1. The van der Waals surface area contributed by atoms with Crippen molar-refractivity contribution in [1.82, 2.24) is 15.0 Å². The number of hydrogen-bond donors (Lipinski definition) is 2. The SMILES string of the molecule is Cc1cnc2nc(-c3ccc(N)cc3F)[nH]c2c1. The van der Waals surface area contributed by atoms with Crippen molar-refractivity contribution in [3.05, 3.63) is 41.8 Å². The summed E-state index contributed by atoms with van der Waals surface area (Å²) in [5.41, 5.74) is 8.69. The Hall–Kier alpha value is -2.43. The van der Waals surface area contributed by atoms with Crippen molar-refractivity contribution in [3.63, 3.8) is 0 Å². The number of aromatic nitrogens is 3. The molecule has 0 amide bonds. The Morgan fingerprint density at radius 3 is 2.89 bits per heavy atom. The number of nitrogens with one attached hydrogen (secondary N) is 1. The van der Waals surface area contributed by atoms with E-state index in [1.807, 2.05) is 13.0 Å². The Bertz CT molecular complexity index is 733. The topological polar surface area (TPSA) is 67.6 Å². The van der Waals surface area contributed by atoms with Crippen molar-refractivity contribution in [3.8, 4) is 11.4 Å². The molecule has 0 atom stereocenters. The van der Waals surface area contributed by atoms with E-state index in [2.05, 4.69) is 15.0 Å². The number of benzene rings is 1. The van der Waals surface area contributed by atoms with Crippen molar-refractivity contribution in [1.29, 1.82) is 0 Å². The lowest BCUT2D eigenvalue weighted by atomic mass is 10.2. The molecule has 1 aromatic carbocycles.